The van der Waals surface area contributed by atoms with Crippen LogP contribution in [0.3, 0.4) is 0 Å². The number of hydrogen-bond donors (Lipinski definition) is 1. The number of rotatable bonds is 9. The van der Waals surface area contributed by atoms with Gasteiger partial charge in [-0.25, -0.2) is 0 Å². The lowest BCUT2D eigenvalue weighted by molar-refractivity contribution is 0.176. The summed E-state index contributed by atoms with van der Waals surface area (Å²) < 4.78 is 5.18. The molecule has 0 aliphatic heterocycles. The normalized spacial score (nSPS) is 14.6. The number of ether oxygens (including phenoxy) is 1. The summed E-state index contributed by atoms with van der Waals surface area (Å²) in [6.45, 7) is 8.65. The highest BCUT2D eigenvalue weighted by atomic mass is 16.5. The zero-order valence-electron chi connectivity index (χ0n) is 12.9. The van der Waals surface area contributed by atoms with Crippen molar-refractivity contribution in [1.82, 2.24) is 5.32 Å². The van der Waals surface area contributed by atoms with Crippen LogP contribution in [0.4, 0.5) is 0 Å². The van der Waals surface area contributed by atoms with Gasteiger partial charge in [0.25, 0.3) is 0 Å². The molecule has 0 saturated heterocycles. The van der Waals surface area contributed by atoms with Gasteiger partial charge in [0.15, 0.2) is 0 Å². The van der Waals surface area contributed by atoms with Crippen molar-refractivity contribution < 1.29 is 4.74 Å². The SMILES string of the molecule is COCCC(C)CC(CNC(C)C)c1ccccc1. The van der Waals surface area contributed by atoms with Crippen LogP contribution in [0, 0.1) is 5.92 Å². The molecule has 108 valence electrons. The Morgan fingerprint density at radius 3 is 2.37 bits per heavy atom. The molecule has 0 radical (unpaired) electrons. The van der Waals surface area contributed by atoms with E-state index in [9.17, 15) is 0 Å². The monoisotopic (exact) mass is 263 g/mol. The third kappa shape index (κ3) is 6.74. The fraction of sp³-hybridized carbons (Fsp3) is 0.647. The Kier molecular flexibility index (Phi) is 7.76. The van der Waals surface area contributed by atoms with Crippen molar-refractivity contribution in [2.45, 2.75) is 45.6 Å². The summed E-state index contributed by atoms with van der Waals surface area (Å²) in [7, 11) is 1.78. The zero-order chi connectivity index (χ0) is 14.1. The zero-order valence-corrected chi connectivity index (χ0v) is 12.9. The van der Waals surface area contributed by atoms with Crippen LogP contribution >= 0.6 is 0 Å². The molecule has 1 N–H and O–H groups in total. The predicted octanol–water partition coefficient (Wildman–Crippen LogP) is 3.83. The second-order valence-corrected chi connectivity index (χ2v) is 5.79. The van der Waals surface area contributed by atoms with Crippen LogP contribution in [0.15, 0.2) is 30.3 Å². The van der Waals surface area contributed by atoms with E-state index >= 15 is 0 Å². The Hall–Kier alpha value is -0.860. The minimum Gasteiger partial charge on any atom is -0.385 e. The molecule has 0 saturated carbocycles. The molecule has 0 bridgehead atoms. The van der Waals surface area contributed by atoms with Gasteiger partial charge >= 0.3 is 0 Å². The molecule has 0 aromatic heterocycles. The van der Waals surface area contributed by atoms with Crippen LogP contribution in [-0.4, -0.2) is 26.3 Å². The molecule has 1 aromatic carbocycles. The number of nitrogens with one attached hydrogen (secondary N) is 1. The molecule has 2 unspecified atom stereocenters. The number of hydrogen-bond acceptors (Lipinski definition) is 2. The maximum absolute atomic E-state index is 5.18. The van der Waals surface area contributed by atoms with Crippen LogP contribution in [0.2, 0.25) is 0 Å². The molecule has 0 spiro atoms. The van der Waals surface area contributed by atoms with Gasteiger partial charge in [-0.05, 0) is 30.2 Å². The van der Waals surface area contributed by atoms with Gasteiger partial charge in [0.1, 0.15) is 0 Å². The van der Waals surface area contributed by atoms with Crippen LogP contribution in [-0.2, 0) is 4.74 Å². The van der Waals surface area contributed by atoms with E-state index in [2.05, 4.69) is 56.4 Å². The first-order valence-electron chi connectivity index (χ1n) is 7.40. The van der Waals surface area contributed by atoms with Gasteiger partial charge in [0.05, 0.1) is 0 Å². The van der Waals surface area contributed by atoms with E-state index in [1.165, 1.54) is 12.0 Å². The lowest BCUT2D eigenvalue weighted by atomic mass is 9.88. The topological polar surface area (TPSA) is 21.3 Å². The molecule has 2 nitrogen and oxygen atoms in total. The largest absolute Gasteiger partial charge is 0.385 e. The average molecular weight is 263 g/mol. The summed E-state index contributed by atoms with van der Waals surface area (Å²) >= 11 is 0. The van der Waals surface area contributed by atoms with Crippen molar-refractivity contribution in [3.05, 3.63) is 35.9 Å². The van der Waals surface area contributed by atoms with Crippen molar-refractivity contribution >= 4 is 0 Å². The van der Waals surface area contributed by atoms with Gasteiger partial charge < -0.3 is 10.1 Å². The van der Waals surface area contributed by atoms with E-state index in [0.29, 0.717) is 17.9 Å². The average Bonchev–Trinajstić information content (AvgIpc) is 2.42. The Morgan fingerprint density at radius 1 is 1.11 bits per heavy atom. The Balaban J connectivity index is 2.59. The molecule has 0 fully saturated rings. The van der Waals surface area contributed by atoms with Gasteiger partial charge in [-0.15, -0.1) is 0 Å². The fourth-order valence-electron chi connectivity index (χ4n) is 2.36. The first-order chi connectivity index (χ1) is 9.13. The van der Waals surface area contributed by atoms with Gasteiger partial charge in [0.2, 0.25) is 0 Å². The number of benzene rings is 1. The smallest absolute Gasteiger partial charge is 0.0464 e. The van der Waals surface area contributed by atoms with Crippen LogP contribution in [0.25, 0.3) is 0 Å². The van der Waals surface area contributed by atoms with E-state index in [-0.39, 0.29) is 0 Å². The molecule has 0 amide bonds. The van der Waals surface area contributed by atoms with E-state index < -0.39 is 0 Å². The van der Waals surface area contributed by atoms with E-state index in [0.717, 1.165) is 19.6 Å². The first kappa shape index (κ1) is 16.2. The van der Waals surface area contributed by atoms with Crippen molar-refractivity contribution in [3.63, 3.8) is 0 Å². The summed E-state index contributed by atoms with van der Waals surface area (Å²) in [5.41, 5.74) is 1.44. The highest BCUT2D eigenvalue weighted by molar-refractivity contribution is 5.20. The van der Waals surface area contributed by atoms with E-state index in [1.807, 2.05) is 0 Å². The summed E-state index contributed by atoms with van der Waals surface area (Å²) in [6.07, 6.45) is 2.36. The van der Waals surface area contributed by atoms with Crippen molar-refractivity contribution in [2.75, 3.05) is 20.3 Å². The van der Waals surface area contributed by atoms with Crippen molar-refractivity contribution in [1.29, 1.82) is 0 Å². The van der Waals surface area contributed by atoms with Gasteiger partial charge in [0, 0.05) is 26.3 Å². The molecule has 1 rings (SSSR count). The summed E-state index contributed by atoms with van der Waals surface area (Å²) in [4.78, 5) is 0. The third-order valence-corrected chi connectivity index (χ3v) is 3.55. The quantitative estimate of drug-likeness (QED) is 0.731. The molecule has 1 aromatic rings. The highest BCUT2D eigenvalue weighted by Gasteiger charge is 2.15. The Labute approximate surface area is 118 Å². The van der Waals surface area contributed by atoms with E-state index in [1.54, 1.807) is 7.11 Å². The predicted molar refractivity (Wildman–Crippen MR) is 82.6 cm³/mol. The lowest BCUT2D eigenvalue weighted by Gasteiger charge is -2.23. The summed E-state index contributed by atoms with van der Waals surface area (Å²) in [5.74, 6) is 1.29. The molecule has 0 aliphatic rings. The number of methoxy groups -OCH3 is 1. The summed E-state index contributed by atoms with van der Waals surface area (Å²) in [6, 6.07) is 11.4. The van der Waals surface area contributed by atoms with Crippen LogP contribution in [0.5, 0.6) is 0 Å². The maximum Gasteiger partial charge on any atom is 0.0464 e. The third-order valence-electron chi connectivity index (χ3n) is 3.55. The molecule has 2 atom stereocenters. The molecular formula is C17H29NO. The standard InChI is InChI=1S/C17H29NO/c1-14(2)18-13-17(12-15(3)10-11-19-4)16-8-6-5-7-9-16/h5-9,14-15,17-18H,10-13H2,1-4H3. The molecule has 2 heteroatoms. The Morgan fingerprint density at radius 2 is 1.79 bits per heavy atom. The van der Waals surface area contributed by atoms with Gasteiger partial charge in [-0.3, -0.25) is 0 Å². The maximum atomic E-state index is 5.18. The molecular weight excluding hydrogens is 234 g/mol. The van der Waals surface area contributed by atoms with Crippen molar-refractivity contribution in [3.8, 4) is 0 Å². The molecule has 0 aliphatic carbocycles. The minimum absolute atomic E-state index is 0.542. The Bertz CT molecular complexity index is 323. The van der Waals surface area contributed by atoms with Crippen LogP contribution < -0.4 is 5.32 Å². The lowest BCUT2D eigenvalue weighted by Crippen LogP contribution is -2.29. The molecule has 19 heavy (non-hydrogen) atoms. The van der Waals surface area contributed by atoms with Gasteiger partial charge in [-0.2, -0.15) is 0 Å². The van der Waals surface area contributed by atoms with Crippen molar-refractivity contribution in [2.24, 2.45) is 5.92 Å². The van der Waals surface area contributed by atoms with Crippen LogP contribution in [0.1, 0.15) is 45.1 Å². The second kappa shape index (κ2) is 9.11. The van der Waals surface area contributed by atoms with Gasteiger partial charge in [-0.1, -0.05) is 51.1 Å². The minimum atomic E-state index is 0.542. The first-order valence-corrected chi connectivity index (χ1v) is 7.40. The van der Waals surface area contributed by atoms with E-state index in [4.69, 9.17) is 4.74 Å². The second-order valence-electron chi connectivity index (χ2n) is 5.79. The fourth-order valence-corrected chi connectivity index (χ4v) is 2.36. The highest BCUT2D eigenvalue weighted by Crippen LogP contribution is 2.25. The molecule has 0 heterocycles. The summed E-state index contributed by atoms with van der Waals surface area (Å²) in [5, 5.41) is 3.57.